The fourth-order valence-corrected chi connectivity index (χ4v) is 2.15. The van der Waals surface area contributed by atoms with E-state index in [4.69, 9.17) is 9.15 Å². The summed E-state index contributed by atoms with van der Waals surface area (Å²) in [4.78, 5) is 24.1. The van der Waals surface area contributed by atoms with Crippen LogP contribution in [0.4, 0.5) is 4.39 Å². The second-order valence-electron chi connectivity index (χ2n) is 5.07. The number of halogens is 1. The molecule has 0 bridgehead atoms. The van der Waals surface area contributed by atoms with Crippen molar-refractivity contribution >= 4 is 5.97 Å². The molecule has 122 valence electrons. The highest BCUT2D eigenvalue weighted by atomic mass is 19.1. The van der Waals surface area contributed by atoms with Gasteiger partial charge in [-0.3, -0.25) is 4.79 Å². The lowest BCUT2D eigenvalue weighted by atomic mass is 10.2. The molecule has 2 heterocycles. The number of rotatable bonds is 4. The Morgan fingerprint density at radius 2 is 2.12 bits per heavy atom. The molecular formula is C17H13FN2O4. The van der Waals surface area contributed by atoms with Crippen molar-refractivity contribution in [2.75, 3.05) is 0 Å². The first-order valence-corrected chi connectivity index (χ1v) is 7.10. The van der Waals surface area contributed by atoms with Crippen LogP contribution in [0.15, 0.2) is 58.1 Å². The molecule has 2 aromatic heterocycles. The largest absolute Gasteiger partial charge is 0.472 e. The Morgan fingerprint density at radius 1 is 1.33 bits per heavy atom. The molecule has 1 aromatic carbocycles. The predicted octanol–water partition coefficient (Wildman–Crippen LogP) is 2.63. The summed E-state index contributed by atoms with van der Waals surface area (Å²) in [7, 11) is 0. The van der Waals surface area contributed by atoms with Gasteiger partial charge in [0, 0.05) is 17.3 Å². The van der Waals surface area contributed by atoms with E-state index in [9.17, 15) is 14.0 Å². The summed E-state index contributed by atoms with van der Waals surface area (Å²) in [5.74, 6) is -1.40. The SMILES string of the molecule is Cc1cc(=O)c(C(=O)OCc2ccoc2)nn1-c1ccccc1F. The first-order valence-electron chi connectivity index (χ1n) is 7.10. The van der Waals surface area contributed by atoms with E-state index in [2.05, 4.69) is 5.10 Å². The molecule has 3 rings (SSSR count). The first-order chi connectivity index (χ1) is 11.6. The summed E-state index contributed by atoms with van der Waals surface area (Å²) in [6.07, 6.45) is 2.87. The Balaban J connectivity index is 1.94. The molecule has 0 radical (unpaired) electrons. The Hall–Kier alpha value is -3.22. The zero-order chi connectivity index (χ0) is 17.1. The minimum atomic E-state index is -0.883. The fraction of sp³-hybridized carbons (Fsp3) is 0.118. The number of benzene rings is 1. The van der Waals surface area contributed by atoms with Crippen molar-refractivity contribution < 1.29 is 18.3 Å². The number of carbonyl (C=O) groups is 1. The van der Waals surface area contributed by atoms with Crippen LogP contribution in [0.5, 0.6) is 0 Å². The van der Waals surface area contributed by atoms with Crippen molar-refractivity contribution in [3.63, 3.8) is 0 Å². The van der Waals surface area contributed by atoms with E-state index in [-0.39, 0.29) is 12.3 Å². The van der Waals surface area contributed by atoms with Crippen LogP contribution in [0.25, 0.3) is 5.69 Å². The van der Waals surface area contributed by atoms with Gasteiger partial charge in [-0.15, -0.1) is 0 Å². The van der Waals surface area contributed by atoms with Crippen LogP contribution in [-0.4, -0.2) is 15.7 Å². The number of aromatic nitrogens is 2. The van der Waals surface area contributed by atoms with Gasteiger partial charge in [0.15, 0.2) is 0 Å². The topological polar surface area (TPSA) is 74.3 Å². The molecule has 0 saturated heterocycles. The average Bonchev–Trinajstić information content (AvgIpc) is 3.07. The van der Waals surface area contributed by atoms with Crippen LogP contribution in [0.3, 0.4) is 0 Å². The molecule has 6 nitrogen and oxygen atoms in total. The van der Waals surface area contributed by atoms with Crippen LogP contribution in [-0.2, 0) is 11.3 Å². The van der Waals surface area contributed by atoms with E-state index in [1.54, 1.807) is 19.1 Å². The highest BCUT2D eigenvalue weighted by Crippen LogP contribution is 2.13. The molecule has 0 amide bonds. The maximum atomic E-state index is 14.0. The van der Waals surface area contributed by atoms with E-state index < -0.39 is 22.9 Å². The molecule has 0 fully saturated rings. The lowest BCUT2D eigenvalue weighted by Gasteiger charge is -2.11. The number of nitrogens with zero attached hydrogens (tertiary/aromatic N) is 2. The highest BCUT2D eigenvalue weighted by molar-refractivity contribution is 5.86. The third-order valence-corrected chi connectivity index (χ3v) is 3.33. The average molecular weight is 328 g/mol. The molecule has 0 aliphatic heterocycles. The van der Waals surface area contributed by atoms with Crippen molar-refractivity contribution in [1.29, 1.82) is 0 Å². The van der Waals surface area contributed by atoms with Crippen LogP contribution >= 0.6 is 0 Å². The van der Waals surface area contributed by atoms with Crippen LogP contribution in [0.1, 0.15) is 21.7 Å². The Bertz CT molecular complexity index is 932. The third kappa shape index (κ3) is 3.10. The molecule has 0 unspecified atom stereocenters. The van der Waals surface area contributed by atoms with Gasteiger partial charge in [-0.2, -0.15) is 5.10 Å². The van der Waals surface area contributed by atoms with E-state index in [0.29, 0.717) is 11.3 Å². The van der Waals surface area contributed by atoms with Crippen molar-refractivity contribution in [2.24, 2.45) is 0 Å². The maximum absolute atomic E-state index is 14.0. The Labute approximate surface area is 136 Å². The minimum Gasteiger partial charge on any atom is -0.472 e. The molecule has 0 saturated carbocycles. The molecule has 0 atom stereocenters. The summed E-state index contributed by atoms with van der Waals surface area (Å²) < 4.78 is 25.1. The molecule has 0 N–H and O–H groups in total. The summed E-state index contributed by atoms with van der Waals surface area (Å²) in [5, 5.41) is 3.97. The van der Waals surface area contributed by atoms with Gasteiger partial charge in [0.05, 0.1) is 12.5 Å². The van der Waals surface area contributed by atoms with E-state index >= 15 is 0 Å². The molecular weight excluding hydrogens is 315 g/mol. The standard InChI is InChI=1S/C17H13FN2O4/c1-11-8-15(21)16(17(22)24-10-12-6-7-23-9-12)19-20(11)14-5-3-2-4-13(14)18/h2-9H,10H2,1H3. The molecule has 3 aromatic rings. The summed E-state index contributed by atoms with van der Waals surface area (Å²) in [6, 6.07) is 8.79. The van der Waals surface area contributed by atoms with Gasteiger partial charge in [-0.05, 0) is 25.1 Å². The van der Waals surface area contributed by atoms with Gasteiger partial charge in [0.1, 0.15) is 18.1 Å². The number of para-hydroxylation sites is 1. The third-order valence-electron chi connectivity index (χ3n) is 3.33. The molecule has 7 heteroatoms. The Morgan fingerprint density at radius 3 is 2.83 bits per heavy atom. The van der Waals surface area contributed by atoms with Gasteiger partial charge >= 0.3 is 5.97 Å². The number of aryl methyl sites for hydroxylation is 1. The second-order valence-corrected chi connectivity index (χ2v) is 5.07. The Kier molecular flexibility index (Phi) is 4.24. The predicted molar refractivity (Wildman–Crippen MR) is 82.4 cm³/mol. The monoisotopic (exact) mass is 328 g/mol. The first kappa shape index (κ1) is 15.7. The zero-order valence-electron chi connectivity index (χ0n) is 12.7. The van der Waals surface area contributed by atoms with Crippen LogP contribution < -0.4 is 5.43 Å². The lowest BCUT2D eigenvalue weighted by Crippen LogP contribution is -2.24. The van der Waals surface area contributed by atoms with Gasteiger partial charge in [0.2, 0.25) is 11.1 Å². The number of hydrogen-bond acceptors (Lipinski definition) is 5. The zero-order valence-corrected chi connectivity index (χ0v) is 12.7. The number of esters is 1. The normalized spacial score (nSPS) is 10.6. The quantitative estimate of drug-likeness (QED) is 0.688. The van der Waals surface area contributed by atoms with Crippen molar-refractivity contribution in [1.82, 2.24) is 9.78 Å². The van der Waals surface area contributed by atoms with Gasteiger partial charge in [-0.1, -0.05) is 12.1 Å². The maximum Gasteiger partial charge on any atom is 0.363 e. The number of hydrogen-bond donors (Lipinski definition) is 0. The number of carbonyl (C=O) groups excluding carboxylic acids is 1. The van der Waals surface area contributed by atoms with Gasteiger partial charge < -0.3 is 9.15 Å². The fourth-order valence-electron chi connectivity index (χ4n) is 2.15. The van der Waals surface area contributed by atoms with E-state index in [1.807, 2.05) is 0 Å². The van der Waals surface area contributed by atoms with E-state index in [0.717, 1.165) is 0 Å². The van der Waals surface area contributed by atoms with Crippen molar-refractivity contribution in [2.45, 2.75) is 13.5 Å². The van der Waals surface area contributed by atoms with E-state index in [1.165, 1.54) is 41.5 Å². The molecule has 0 aliphatic rings. The number of furan rings is 1. The smallest absolute Gasteiger partial charge is 0.363 e. The van der Waals surface area contributed by atoms with Crippen molar-refractivity contribution in [3.05, 3.63) is 81.9 Å². The summed E-state index contributed by atoms with van der Waals surface area (Å²) >= 11 is 0. The number of ether oxygens (including phenoxy) is 1. The van der Waals surface area contributed by atoms with Gasteiger partial charge in [0.25, 0.3) is 0 Å². The summed E-state index contributed by atoms with van der Waals surface area (Å²) in [6.45, 7) is 1.55. The highest BCUT2D eigenvalue weighted by Gasteiger charge is 2.18. The van der Waals surface area contributed by atoms with Gasteiger partial charge in [-0.25, -0.2) is 13.9 Å². The van der Waals surface area contributed by atoms with Crippen LogP contribution in [0, 0.1) is 12.7 Å². The molecule has 24 heavy (non-hydrogen) atoms. The van der Waals surface area contributed by atoms with Crippen molar-refractivity contribution in [3.8, 4) is 5.69 Å². The second kappa shape index (κ2) is 6.49. The van der Waals surface area contributed by atoms with Crippen LogP contribution in [0.2, 0.25) is 0 Å². The molecule has 0 spiro atoms. The molecule has 0 aliphatic carbocycles. The summed E-state index contributed by atoms with van der Waals surface area (Å²) in [5.41, 5.74) is 0.185. The lowest BCUT2D eigenvalue weighted by molar-refractivity contribution is 0.0461. The minimum absolute atomic E-state index is 0.0516.